The number of nitrogens with one attached hydrogen (secondary N) is 2. The smallest absolute Gasteiger partial charge is 0.408 e. The van der Waals surface area contributed by atoms with Crippen LogP contribution in [0.3, 0.4) is 0 Å². The highest BCUT2D eigenvalue weighted by Crippen LogP contribution is 2.15. The predicted octanol–water partition coefficient (Wildman–Crippen LogP) is 2.57. The summed E-state index contributed by atoms with van der Waals surface area (Å²) in [6, 6.07) is 9.34. The summed E-state index contributed by atoms with van der Waals surface area (Å²) >= 11 is 0. The van der Waals surface area contributed by atoms with Crippen LogP contribution in [-0.2, 0) is 4.74 Å². The summed E-state index contributed by atoms with van der Waals surface area (Å²) in [5.74, 6) is 0.374. The number of hydrogen-bond acceptors (Lipinski definition) is 3. The Morgan fingerprint density at radius 2 is 1.96 bits per heavy atom. The van der Waals surface area contributed by atoms with Gasteiger partial charge in [0, 0.05) is 6.54 Å². The Labute approximate surface area is 138 Å². The van der Waals surface area contributed by atoms with Gasteiger partial charge in [0.15, 0.2) is 5.96 Å². The molecule has 1 unspecified atom stereocenters. The maximum atomic E-state index is 12.0. The minimum atomic E-state index is -0.545. The molecule has 0 aliphatic carbocycles. The molecule has 0 spiro atoms. The maximum absolute atomic E-state index is 12.0. The van der Waals surface area contributed by atoms with Crippen LogP contribution < -0.4 is 16.4 Å². The van der Waals surface area contributed by atoms with Gasteiger partial charge in [-0.05, 0) is 32.8 Å². The zero-order valence-corrected chi connectivity index (χ0v) is 14.4. The average molecular weight is 320 g/mol. The molecule has 6 heteroatoms. The Balaban J connectivity index is 2.76. The summed E-state index contributed by atoms with van der Waals surface area (Å²) in [4.78, 5) is 16.3. The van der Waals surface area contributed by atoms with Gasteiger partial charge in [0.05, 0.1) is 12.6 Å². The third-order valence-corrected chi connectivity index (χ3v) is 2.89. The lowest BCUT2D eigenvalue weighted by molar-refractivity contribution is 0.0505. The van der Waals surface area contributed by atoms with Gasteiger partial charge >= 0.3 is 6.09 Å². The van der Waals surface area contributed by atoms with Crippen LogP contribution in [0.4, 0.5) is 4.79 Å². The van der Waals surface area contributed by atoms with Crippen LogP contribution in [0, 0.1) is 0 Å². The van der Waals surface area contributed by atoms with Crippen LogP contribution in [-0.4, -0.2) is 30.7 Å². The third kappa shape index (κ3) is 8.09. The molecule has 23 heavy (non-hydrogen) atoms. The number of aliphatic imine (C=N–C) groups is 1. The first-order valence-corrected chi connectivity index (χ1v) is 7.90. The van der Waals surface area contributed by atoms with E-state index in [1.165, 1.54) is 0 Å². The SMILES string of the molecule is CCCNC(N)=NCC(NC(=O)OC(C)(C)C)c1ccccc1. The molecule has 0 aromatic heterocycles. The summed E-state index contributed by atoms with van der Waals surface area (Å²) in [6.45, 7) is 8.65. The van der Waals surface area contributed by atoms with Crippen LogP contribution in [0.25, 0.3) is 0 Å². The highest BCUT2D eigenvalue weighted by molar-refractivity contribution is 5.77. The highest BCUT2D eigenvalue weighted by atomic mass is 16.6. The first-order valence-electron chi connectivity index (χ1n) is 7.90. The number of nitrogens with two attached hydrogens (primary N) is 1. The molecule has 0 heterocycles. The second kappa shape index (κ2) is 9.02. The molecule has 1 amide bonds. The predicted molar refractivity (Wildman–Crippen MR) is 93.3 cm³/mol. The van der Waals surface area contributed by atoms with Gasteiger partial charge in [-0.1, -0.05) is 37.3 Å². The molecule has 0 saturated carbocycles. The van der Waals surface area contributed by atoms with Crippen LogP contribution in [0.15, 0.2) is 35.3 Å². The molecule has 0 radical (unpaired) electrons. The fourth-order valence-corrected chi connectivity index (χ4v) is 1.87. The Kier molecular flexibility index (Phi) is 7.38. The Morgan fingerprint density at radius 3 is 2.52 bits per heavy atom. The zero-order chi connectivity index (χ0) is 17.3. The molecule has 4 N–H and O–H groups in total. The van der Waals surface area contributed by atoms with Gasteiger partial charge in [-0.2, -0.15) is 0 Å². The second-order valence-electron chi connectivity index (χ2n) is 6.26. The molecule has 1 aromatic rings. The minimum absolute atomic E-state index is 0.298. The van der Waals surface area contributed by atoms with Gasteiger partial charge in [-0.25, -0.2) is 4.79 Å². The van der Waals surface area contributed by atoms with Crippen LogP contribution in [0.2, 0.25) is 0 Å². The summed E-state index contributed by atoms with van der Waals surface area (Å²) < 4.78 is 5.32. The fourth-order valence-electron chi connectivity index (χ4n) is 1.87. The lowest BCUT2D eigenvalue weighted by Gasteiger charge is -2.23. The number of carbonyl (C=O) groups is 1. The first-order chi connectivity index (χ1) is 10.8. The van der Waals surface area contributed by atoms with Gasteiger partial charge in [0.2, 0.25) is 0 Å². The van der Waals surface area contributed by atoms with Crippen molar-refractivity contribution in [3.63, 3.8) is 0 Å². The summed E-state index contributed by atoms with van der Waals surface area (Å²) in [5.41, 5.74) is 6.22. The molecule has 6 nitrogen and oxygen atoms in total. The molecular weight excluding hydrogens is 292 g/mol. The van der Waals surface area contributed by atoms with Gasteiger partial charge < -0.3 is 21.1 Å². The summed E-state index contributed by atoms with van der Waals surface area (Å²) in [6.07, 6.45) is 0.496. The lowest BCUT2D eigenvalue weighted by atomic mass is 10.1. The van der Waals surface area contributed by atoms with E-state index in [9.17, 15) is 4.79 Å². The highest BCUT2D eigenvalue weighted by Gasteiger charge is 2.20. The van der Waals surface area contributed by atoms with Crippen molar-refractivity contribution in [2.75, 3.05) is 13.1 Å². The van der Waals surface area contributed by atoms with E-state index in [1.54, 1.807) is 0 Å². The van der Waals surface area contributed by atoms with Gasteiger partial charge in [0.1, 0.15) is 5.60 Å². The Bertz CT molecular complexity index is 509. The molecule has 1 atom stereocenters. The van der Waals surface area contributed by atoms with Crippen molar-refractivity contribution in [3.8, 4) is 0 Å². The molecule has 0 aliphatic heterocycles. The standard InChI is InChI=1S/C17H28N4O2/c1-5-11-19-15(18)20-12-14(13-9-7-6-8-10-13)21-16(22)23-17(2,3)4/h6-10,14H,5,11-12H2,1-4H3,(H,21,22)(H3,18,19,20). The number of nitrogens with zero attached hydrogens (tertiary/aromatic N) is 1. The molecule has 0 saturated heterocycles. The number of alkyl carbamates (subject to hydrolysis) is 1. The number of benzene rings is 1. The van der Waals surface area contributed by atoms with E-state index in [0.29, 0.717) is 12.5 Å². The normalized spacial score (nSPS) is 13.3. The zero-order valence-electron chi connectivity index (χ0n) is 14.4. The molecule has 0 aliphatic rings. The van der Waals surface area contributed by atoms with Crippen LogP contribution in [0.1, 0.15) is 45.7 Å². The van der Waals surface area contributed by atoms with E-state index in [-0.39, 0.29) is 6.04 Å². The van der Waals surface area contributed by atoms with E-state index in [2.05, 4.69) is 22.5 Å². The van der Waals surface area contributed by atoms with Crippen molar-refractivity contribution < 1.29 is 9.53 Å². The van der Waals surface area contributed by atoms with Gasteiger partial charge in [0.25, 0.3) is 0 Å². The van der Waals surface area contributed by atoms with Crippen molar-refractivity contribution in [3.05, 3.63) is 35.9 Å². The van der Waals surface area contributed by atoms with E-state index < -0.39 is 11.7 Å². The van der Waals surface area contributed by atoms with Gasteiger partial charge in [-0.15, -0.1) is 0 Å². The number of hydrogen-bond donors (Lipinski definition) is 3. The van der Waals surface area contributed by atoms with Crippen molar-refractivity contribution >= 4 is 12.1 Å². The van der Waals surface area contributed by atoms with Crippen LogP contribution >= 0.6 is 0 Å². The Hall–Kier alpha value is -2.24. The van der Waals surface area contributed by atoms with Gasteiger partial charge in [-0.3, -0.25) is 4.99 Å². The van der Waals surface area contributed by atoms with Crippen molar-refractivity contribution in [2.24, 2.45) is 10.7 Å². The fraction of sp³-hybridized carbons (Fsp3) is 0.529. The molecule has 1 rings (SSSR count). The van der Waals surface area contributed by atoms with Crippen molar-refractivity contribution in [2.45, 2.75) is 45.8 Å². The van der Waals surface area contributed by atoms with Crippen molar-refractivity contribution in [1.82, 2.24) is 10.6 Å². The summed E-state index contributed by atoms with van der Waals surface area (Å²) in [5, 5.41) is 5.86. The van der Waals surface area contributed by atoms with E-state index in [1.807, 2.05) is 51.1 Å². The van der Waals surface area contributed by atoms with E-state index in [4.69, 9.17) is 10.5 Å². The molecular formula is C17H28N4O2. The number of rotatable bonds is 6. The molecule has 0 bridgehead atoms. The number of amides is 1. The summed E-state index contributed by atoms with van der Waals surface area (Å²) in [7, 11) is 0. The number of carbonyl (C=O) groups excluding carboxylic acids is 1. The van der Waals surface area contributed by atoms with E-state index >= 15 is 0 Å². The number of ether oxygens (including phenoxy) is 1. The van der Waals surface area contributed by atoms with Crippen LogP contribution in [0.5, 0.6) is 0 Å². The largest absolute Gasteiger partial charge is 0.444 e. The Morgan fingerprint density at radius 1 is 1.30 bits per heavy atom. The second-order valence-corrected chi connectivity index (χ2v) is 6.26. The lowest BCUT2D eigenvalue weighted by Crippen LogP contribution is -2.37. The monoisotopic (exact) mass is 320 g/mol. The maximum Gasteiger partial charge on any atom is 0.408 e. The molecule has 0 fully saturated rings. The average Bonchev–Trinajstić information content (AvgIpc) is 2.48. The minimum Gasteiger partial charge on any atom is -0.444 e. The third-order valence-electron chi connectivity index (χ3n) is 2.89. The number of guanidine groups is 1. The molecule has 1 aromatic carbocycles. The topological polar surface area (TPSA) is 88.7 Å². The van der Waals surface area contributed by atoms with Crippen molar-refractivity contribution in [1.29, 1.82) is 0 Å². The first kappa shape index (κ1) is 18.8. The quantitative estimate of drug-likeness (QED) is 0.555. The van der Waals surface area contributed by atoms with E-state index in [0.717, 1.165) is 18.5 Å². The molecule has 128 valence electrons.